The third-order valence-electron chi connectivity index (χ3n) is 4.36. The van der Waals surface area contributed by atoms with Crippen molar-refractivity contribution < 1.29 is 0 Å². The molecule has 1 aromatic carbocycles. The Hall–Kier alpha value is -3.92. The summed E-state index contributed by atoms with van der Waals surface area (Å²) in [6, 6.07) is 17.8. The van der Waals surface area contributed by atoms with Crippen LogP contribution >= 0.6 is 0 Å². The van der Waals surface area contributed by atoms with Crippen LogP contribution in [0.5, 0.6) is 0 Å². The molecule has 0 aliphatic rings. The van der Waals surface area contributed by atoms with Gasteiger partial charge in [-0.3, -0.25) is 4.40 Å². The van der Waals surface area contributed by atoms with Crippen LogP contribution in [0.15, 0.2) is 61.1 Å². The average molecular weight is 355 g/mol. The molecule has 0 aliphatic carbocycles. The van der Waals surface area contributed by atoms with Gasteiger partial charge in [0, 0.05) is 11.8 Å². The van der Waals surface area contributed by atoms with Gasteiger partial charge in [0.25, 0.3) is 0 Å². The number of nitrogen functional groups attached to an aromatic ring is 1. The van der Waals surface area contributed by atoms with Gasteiger partial charge in [0.05, 0.1) is 17.4 Å². The van der Waals surface area contributed by atoms with E-state index >= 15 is 0 Å². The number of hydrogen-bond acceptors (Lipinski definition) is 6. The van der Waals surface area contributed by atoms with Crippen LogP contribution in [0, 0.1) is 11.3 Å². The lowest BCUT2D eigenvalue weighted by atomic mass is 10.1. The minimum absolute atomic E-state index is 0.153. The standard InChI is InChI=1S/C20H17N7/c1-13(25-20-15(11-21)19(22)23-12-24-20)17-18(14-7-3-2-4-8-14)27-10-6-5-9-16(27)26-17/h2-10,12-13H,1H3,(H3,22,23,24,25)/t13-/m0/s1. The Bertz CT molecular complexity index is 1140. The number of imidazole rings is 1. The maximum atomic E-state index is 9.36. The predicted octanol–water partition coefficient (Wildman–Crippen LogP) is 3.42. The monoisotopic (exact) mass is 355 g/mol. The molecule has 0 aliphatic heterocycles. The number of nitriles is 1. The minimum Gasteiger partial charge on any atom is -0.382 e. The lowest BCUT2D eigenvalue weighted by Crippen LogP contribution is -2.12. The van der Waals surface area contributed by atoms with Gasteiger partial charge in [0.1, 0.15) is 35.2 Å². The maximum Gasteiger partial charge on any atom is 0.150 e. The zero-order chi connectivity index (χ0) is 18.8. The molecule has 0 fully saturated rings. The van der Waals surface area contributed by atoms with Crippen molar-refractivity contribution in [2.45, 2.75) is 13.0 Å². The summed E-state index contributed by atoms with van der Waals surface area (Å²) >= 11 is 0. The molecule has 7 heteroatoms. The number of aromatic nitrogens is 4. The number of nitrogens with two attached hydrogens (primary N) is 1. The van der Waals surface area contributed by atoms with E-state index in [0.29, 0.717) is 5.82 Å². The van der Waals surface area contributed by atoms with E-state index < -0.39 is 0 Å². The molecule has 0 amide bonds. The Morgan fingerprint density at radius 2 is 1.89 bits per heavy atom. The number of fused-ring (bicyclic) bond motifs is 1. The molecule has 0 saturated carbocycles. The van der Waals surface area contributed by atoms with Crippen molar-refractivity contribution in [2.24, 2.45) is 0 Å². The summed E-state index contributed by atoms with van der Waals surface area (Å²) in [6.07, 6.45) is 3.33. The second kappa shape index (κ2) is 6.77. The van der Waals surface area contributed by atoms with Crippen molar-refractivity contribution >= 4 is 17.3 Å². The van der Waals surface area contributed by atoms with Crippen LogP contribution in [0.25, 0.3) is 16.9 Å². The second-order valence-electron chi connectivity index (χ2n) is 6.10. The van der Waals surface area contributed by atoms with Crippen molar-refractivity contribution in [1.82, 2.24) is 19.4 Å². The molecule has 27 heavy (non-hydrogen) atoms. The van der Waals surface area contributed by atoms with E-state index in [2.05, 4.69) is 37.9 Å². The van der Waals surface area contributed by atoms with Gasteiger partial charge in [-0.15, -0.1) is 0 Å². The molecule has 0 bridgehead atoms. The molecule has 0 radical (unpaired) electrons. The summed E-state index contributed by atoms with van der Waals surface area (Å²) in [6.45, 7) is 1.98. The molecule has 0 spiro atoms. The average Bonchev–Trinajstić information content (AvgIpc) is 3.08. The Kier molecular flexibility index (Phi) is 4.15. The van der Waals surface area contributed by atoms with E-state index in [1.807, 2.05) is 49.5 Å². The van der Waals surface area contributed by atoms with Gasteiger partial charge in [-0.1, -0.05) is 36.4 Å². The van der Waals surface area contributed by atoms with Crippen LogP contribution in [0.2, 0.25) is 0 Å². The van der Waals surface area contributed by atoms with Crippen LogP contribution in [-0.4, -0.2) is 19.4 Å². The van der Waals surface area contributed by atoms with E-state index in [9.17, 15) is 5.26 Å². The smallest absolute Gasteiger partial charge is 0.150 e. The molecule has 0 unspecified atom stereocenters. The molecule has 1 atom stereocenters. The van der Waals surface area contributed by atoms with Crippen LogP contribution in [0.1, 0.15) is 24.2 Å². The highest BCUT2D eigenvalue weighted by Crippen LogP contribution is 2.31. The first-order valence-electron chi connectivity index (χ1n) is 8.48. The quantitative estimate of drug-likeness (QED) is 0.581. The number of pyridine rings is 1. The van der Waals surface area contributed by atoms with Crippen LogP contribution in [0.4, 0.5) is 11.6 Å². The molecular formula is C20H17N7. The van der Waals surface area contributed by atoms with Gasteiger partial charge in [-0.05, 0) is 19.1 Å². The lowest BCUT2D eigenvalue weighted by molar-refractivity contribution is 0.843. The number of anilines is 2. The van der Waals surface area contributed by atoms with E-state index in [1.165, 1.54) is 6.33 Å². The molecule has 4 aromatic rings. The van der Waals surface area contributed by atoms with E-state index in [0.717, 1.165) is 22.6 Å². The summed E-state index contributed by atoms with van der Waals surface area (Å²) < 4.78 is 2.06. The first kappa shape index (κ1) is 16.5. The summed E-state index contributed by atoms with van der Waals surface area (Å²) in [4.78, 5) is 12.9. The van der Waals surface area contributed by atoms with Gasteiger partial charge in [0.2, 0.25) is 0 Å². The highest BCUT2D eigenvalue weighted by Gasteiger charge is 2.21. The zero-order valence-electron chi connectivity index (χ0n) is 14.7. The predicted molar refractivity (Wildman–Crippen MR) is 104 cm³/mol. The Morgan fingerprint density at radius 1 is 1.11 bits per heavy atom. The Balaban J connectivity index is 1.82. The van der Waals surface area contributed by atoms with Crippen molar-refractivity contribution in [3.63, 3.8) is 0 Å². The first-order chi connectivity index (χ1) is 13.2. The molecular weight excluding hydrogens is 338 g/mol. The molecule has 132 valence electrons. The summed E-state index contributed by atoms with van der Waals surface area (Å²) in [7, 11) is 0. The highest BCUT2D eigenvalue weighted by atomic mass is 15.1. The first-order valence-corrected chi connectivity index (χ1v) is 8.48. The fourth-order valence-electron chi connectivity index (χ4n) is 3.09. The third-order valence-corrected chi connectivity index (χ3v) is 4.36. The fraction of sp³-hybridized carbons (Fsp3) is 0.100. The Labute approximate surface area is 156 Å². The van der Waals surface area contributed by atoms with E-state index in [4.69, 9.17) is 10.7 Å². The molecule has 3 heterocycles. The number of benzene rings is 1. The van der Waals surface area contributed by atoms with Crippen molar-refractivity contribution in [3.8, 4) is 17.3 Å². The SMILES string of the molecule is C[C@H](Nc1ncnc(N)c1C#N)c1nc2ccccn2c1-c1ccccc1. The minimum atomic E-state index is -0.207. The van der Waals surface area contributed by atoms with Crippen LogP contribution in [0.3, 0.4) is 0 Å². The largest absolute Gasteiger partial charge is 0.382 e. The lowest BCUT2D eigenvalue weighted by Gasteiger charge is -2.16. The van der Waals surface area contributed by atoms with E-state index in [1.54, 1.807) is 0 Å². The maximum absolute atomic E-state index is 9.36. The molecule has 3 aromatic heterocycles. The Morgan fingerprint density at radius 3 is 2.67 bits per heavy atom. The van der Waals surface area contributed by atoms with Gasteiger partial charge in [-0.2, -0.15) is 5.26 Å². The fourth-order valence-corrected chi connectivity index (χ4v) is 3.09. The van der Waals surface area contributed by atoms with Crippen LogP contribution < -0.4 is 11.1 Å². The second-order valence-corrected chi connectivity index (χ2v) is 6.10. The molecule has 0 saturated heterocycles. The number of rotatable bonds is 4. The number of nitrogens with one attached hydrogen (secondary N) is 1. The van der Waals surface area contributed by atoms with Gasteiger partial charge < -0.3 is 11.1 Å². The normalized spacial score (nSPS) is 11.9. The van der Waals surface area contributed by atoms with Gasteiger partial charge >= 0.3 is 0 Å². The number of hydrogen-bond donors (Lipinski definition) is 2. The molecule has 3 N–H and O–H groups in total. The highest BCUT2D eigenvalue weighted by molar-refractivity contribution is 5.69. The summed E-state index contributed by atoms with van der Waals surface area (Å²) in [5.74, 6) is 0.550. The van der Waals surface area contributed by atoms with Crippen molar-refractivity contribution in [3.05, 3.63) is 72.3 Å². The van der Waals surface area contributed by atoms with Gasteiger partial charge in [0.15, 0.2) is 0 Å². The molecule has 4 rings (SSSR count). The zero-order valence-corrected chi connectivity index (χ0v) is 14.7. The van der Waals surface area contributed by atoms with Crippen molar-refractivity contribution in [1.29, 1.82) is 5.26 Å². The summed E-state index contributed by atoms with van der Waals surface area (Å²) in [5.41, 5.74) is 9.78. The molecule has 7 nitrogen and oxygen atoms in total. The van der Waals surface area contributed by atoms with E-state index in [-0.39, 0.29) is 17.4 Å². The van der Waals surface area contributed by atoms with Crippen molar-refractivity contribution in [2.75, 3.05) is 11.1 Å². The topological polar surface area (TPSA) is 105 Å². The number of nitrogens with zero attached hydrogens (tertiary/aromatic N) is 5. The van der Waals surface area contributed by atoms with Crippen LogP contribution in [-0.2, 0) is 0 Å². The summed E-state index contributed by atoms with van der Waals surface area (Å²) in [5, 5.41) is 12.6. The third kappa shape index (κ3) is 2.93. The van der Waals surface area contributed by atoms with Gasteiger partial charge in [-0.25, -0.2) is 15.0 Å².